The summed E-state index contributed by atoms with van der Waals surface area (Å²) in [5.41, 5.74) is 1.08. The van der Waals surface area contributed by atoms with Gasteiger partial charge in [-0.2, -0.15) is 0 Å². The molecule has 0 aliphatic carbocycles. The van der Waals surface area contributed by atoms with Crippen LogP contribution in [0, 0.1) is 0 Å². The highest BCUT2D eigenvalue weighted by molar-refractivity contribution is 5.51. The van der Waals surface area contributed by atoms with E-state index in [0.717, 1.165) is 11.3 Å². The normalized spacial score (nSPS) is 9.62. The van der Waals surface area contributed by atoms with Crippen molar-refractivity contribution in [3.05, 3.63) is 29.8 Å². The minimum absolute atomic E-state index is 0.435. The third-order valence-electron chi connectivity index (χ3n) is 1.77. The van der Waals surface area contributed by atoms with Gasteiger partial charge < -0.3 is 4.74 Å². The molecule has 13 heavy (non-hydrogen) atoms. The molecule has 0 atom stereocenters. The van der Waals surface area contributed by atoms with Crippen LogP contribution in [0.15, 0.2) is 24.3 Å². The first kappa shape index (κ1) is 9.78. The van der Waals surface area contributed by atoms with E-state index in [0.29, 0.717) is 19.4 Å². The van der Waals surface area contributed by atoms with Crippen molar-refractivity contribution in [2.24, 2.45) is 0 Å². The predicted octanol–water partition coefficient (Wildman–Crippen LogP) is 2.13. The van der Waals surface area contributed by atoms with Crippen molar-refractivity contribution in [1.29, 1.82) is 0 Å². The largest absolute Gasteiger partial charge is 0.494 e. The first-order valence-corrected chi connectivity index (χ1v) is 4.44. The highest BCUT2D eigenvalue weighted by Crippen LogP contribution is 2.18. The number of aryl methyl sites for hydroxylation is 1. The van der Waals surface area contributed by atoms with Crippen molar-refractivity contribution in [3.63, 3.8) is 0 Å². The van der Waals surface area contributed by atoms with E-state index < -0.39 is 0 Å². The zero-order valence-corrected chi connectivity index (χ0v) is 7.75. The van der Waals surface area contributed by atoms with E-state index in [9.17, 15) is 4.79 Å². The Hall–Kier alpha value is -1.31. The molecule has 1 aromatic carbocycles. The zero-order valence-electron chi connectivity index (χ0n) is 7.75. The van der Waals surface area contributed by atoms with Crippen molar-refractivity contribution < 1.29 is 9.53 Å². The molecule has 0 unspecified atom stereocenters. The lowest BCUT2D eigenvalue weighted by atomic mass is 10.1. The van der Waals surface area contributed by atoms with Gasteiger partial charge in [-0.3, -0.25) is 4.79 Å². The number of hydrogen-bond acceptors (Lipinski definition) is 2. The van der Waals surface area contributed by atoms with Crippen LogP contribution in [0.2, 0.25) is 0 Å². The first-order chi connectivity index (χ1) is 6.38. The van der Waals surface area contributed by atoms with Gasteiger partial charge in [0.2, 0.25) is 0 Å². The Kier molecular flexibility index (Phi) is 4.03. The summed E-state index contributed by atoms with van der Waals surface area (Å²) < 4.78 is 5.40. The number of para-hydroxylation sites is 1. The van der Waals surface area contributed by atoms with E-state index in [1.165, 1.54) is 0 Å². The predicted molar refractivity (Wildman–Crippen MR) is 51.6 cm³/mol. The molecule has 0 N–H and O–H groups in total. The van der Waals surface area contributed by atoms with Gasteiger partial charge in [0.1, 0.15) is 5.75 Å². The Labute approximate surface area is 78.5 Å². The van der Waals surface area contributed by atoms with Crippen LogP contribution in [-0.4, -0.2) is 12.9 Å². The molecular formula is C11H13O2. The van der Waals surface area contributed by atoms with Gasteiger partial charge in [-0.05, 0) is 25.0 Å². The van der Waals surface area contributed by atoms with Gasteiger partial charge in [0.05, 0.1) is 6.61 Å². The van der Waals surface area contributed by atoms with Crippen LogP contribution in [0.1, 0.15) is 18.9 Å². The second-order valence-electron chi connectivity index (χ2n) is 2.69. The molecule has 0 aromatic heterocycles. The third-order valence-corrected chi connectivity index (χ3v) is 1.77. The fraction of sp³-hybridized carbons (Fsp3) is 0.364. The van der Waals surface area contributed by atoms with Gasteiger partial charge in [0.25, 0.3) is 0 Å². The molecule has 0 bridgehead atoms. The van der Waals surface area contributed by atoms with E-state index in [2.05, 4.69) is 0 Å². The Morgan fingerprint density at radius 3 is 2.85 bits per heavy atom. The highest BCUT2D eigenvalue weighted by Gasteiger charge is 2.00. The lowest BCUT2D eigenvalue weighted by molar-refractivity contribution is 0.336. The molecule has 0 heterocycles. The summed E-state index contributed by atoms with van der Waals surface area (Å²) in [6, 6.07) is 7.77. The van der Waals surface area contributed by atoms with Crippen molar-refractivity contribution in [2.45, 2.75) is 19.8 Å². The van der Waals surface area contributed by atoms with Gasteiger partial charge >= 0.3 is 0 Å². The van der Waals surface area contributed by atoms with Crippen LogP contribution >= 0.6 is 0 Å². The number of carbonyl (C=O) groups excluding carboxylic acids is 1. The molecule has 0 fully saturated rings. The lowest BCUT2D eigenvalue weighted by Gasteiger charge is -2.07. The minimum atomic E-state index is 0.435. The second-order valence-corrected chi connectivity index (χ2v) is 2.69. The summed E-state index contributed by atoms with van der Waals surface area (Å²) >= 11 is 0. The molecular weight excluding hydrogens is 164 g/mol. The van der Waals surface area contributed by atoms with Crippen LogP contribution in [-0.2, 0) is 11.2 Å². The topological polar surface area (TPSA) is 26.3 Å². The molecule has 0 aliphatic rings. The third kappa shape index (κ3) is 2.90. The van der Waals surface area contributed by atoms with Gasteiger partial charge in [0.15, 0.2) is 6.29 Å². The van der Waals surface area contributed by atoms with E-state index in [4.69, 9.17) is 4.74 Å². The second kappa shape index (κ2) is 5.36. The van der Waals surface area contributed by atoms with Crippen LogP contribution < -0.4 is 4.74 Å². The van der Waals surface area contributed by atoms with Gasteiger partial charge in [-0.25, -0.2) is 0 Å². The Bertz CT molecular complexity index is 269. The van der Waals surface area contributed by atoms with E-state index in [1.54, 1.807) is 0 Å². The maximum Gasteiger partial charge on any atom is 0.198 e. The maximum atomic E-state index is 10.1. The zero-order chi connectivity index (χ0) is 9.52. The standard InChI is InChI=1S/C11H13O2/c1-2-13-11-8-4-3-6-10(11)7-5-9-12/h3-4,6,8H,2,5,7H2,1H3. The van der Waals surface area contributed by atoms with E-state index in [-0.39, 0.29) is 0 Å². The molecule has 2 heteroatoms. The van der Waals surface area contributed by atoms with Crippen molar-refractivity contribution >= 4 is 6.29 Å². The number of ether oxygens (including phenoxy) is 1. The summed E-state index contributed by atoms with van der Waals surface area (Å²) in [7, 11) is 0. The molecule has 1 rings (SSSR count). The van der Waals surface area contributed by atoms with E-state index in [1.807, 2.05) is 37.5 Å². The molecule has 2 nitrogen and oxygen atoms in total. The van der Waals surface area contributed by atoms with Crippen LogP contribution in [0.3, 0.4) is 0 Å². The summed E-state index contributed by atoms with van der Waals surface area (Å²) in [4.78, 5) is 10.1. The molecule has 69 valence electrons. The molecule has 0 saturated carbocycles. The van der Waals surface area contributed by atoms with Crippen LogP contribution in [0.4, 0.5) is 0 Å². The number of rotatable bonds is 5. The molecule has 1 radical (unpaired) electrons. The summed E-state index contributed by atoms with van der Waals surface area (Å²) in [5, 5.41) is 0. The van der Waals surface area contributed by atoms with Gasteiger partial charge in [-0.1, -0.05) is 18.2 Å². The molecule has 0 saturated heterocycles. The van der Waals surface area contributed by atoms with Crippen LogP contribution in [0.5, 0.6) is 5.75 Å². The molecule has 0 amide bonds. The fourth-order valence-electron chi connectivity index (χ4n) is 1.19. The summed E-state index contributed by atoms with van der Waals surface area (Å²) in [5.74, 6) is 0.875. The van der Waals surface area contributed by atoms with E-state index >= 15 is 0 Å². The van der Waals surface area contributed by atoms with Gasteiger partial charge in [-0.15, -0.1) is 0 Å². The Morgan fingerprint density at radius 2 is 2.15 bits per heavy atom. The summed E-state index contributed by atoms with van der Waals surface area (Å²) in [6.07, 6.45) is 3.02. The Morgan fingerprint density at radius 1 is 1.38 bits per heavy atom. The van der Waals surface area contributed by atoms with Crippen LogP contribution in [0.25, 0.3) is 0 Å². The monoisotopic (exact) mass is 177 g/mol. The lowest BCUT2D eigenvalue weighted by Crippen LogP contribution is -1.96. The average Bonchev–Trinajstić information content (AvgIpc) is 2.17. The van der Waals surface area contributed by atoms with Gasteiger partial charge in [0, 0.05) is 6.42 Å². The van der Waals surface area contributed by atoms with Crippen molar-refractivity contribution in [2.75, 3.05) is 6.61 Å². The minimum Gasteiger partial charge on any atom is -0.494 e. The first-order valence-electron chi connectivity index (χ1n) is 4.44. The summed E-state index contributed by atoms with van der Waals surface area (Å²) in [6.45, 7) is 2.60. The average molecular weight is 177 g/mol. The van der Waals surface area contributed by atoms with Crippen molar-refractivity contribution in [1.82, 2.24) is 0 Å². The quantitative estimate of drug-likeness (QED) is 0.688. The Balaban J connectivity index is 2.71. The SMILES string of the molecule is CCOc1ccccc1CC[C]=O. The molecule has 0 aliphatic heterocycles. The highest BCUT2D eigenvalue weighted by atomic mass is 16.5. The maximum absolute atomic E-state index is 10.1. The smallest absolute Gasteiger partial charge is 0.198 e. The number of benzene rings is 1. The molecule has 1 aromatic rings. The molecule has 0 spiro atoms. The van der Waals surface area contributed by atoms with Crippen molar-refractivity contribution in [3.8, 4) is 5.75 Å². The number of hydrogen-bond donors (Lipinski definition) is 0. The fourth-order valence-corrected chi connectivity index (χ4v) is 1.19.